The van der Waals surface area contributed by atoms with Crippen molar-refractivity contribution in [3.8, 4) is 0 Å². The van der Waals surface area contributed by atoms with Crippen LogP contribution in [0.25, 0.3) is 0 Å². The van der Waals surface area contributed by atoms with Gasteiger partial charge in [-0.25, -0.2) is 14.4 Å². The van der Waals surface area contributed by atoms with Crippen LogP contribution in [0.1, 0.15) is 46.3 Å². The first-order valence-electron chi connectivity index (χ1n) is 10.6. The molecule has 0 aliphatic carbocycles. The molecule has 0 spiro atoms. The monoisotopic (exact) mass is 505 g/mol. The number of carbonyl (C=O) groups is 4. The van der Waals surface area contributed by atoms with Gasteiger partial charge in [0.05, 0.1) is 17.8 Å². The Kier molecular flexibility index (Phi) is 7.88. The lowest BCUT2D eigenvalue weighted by Crippen LogP contribution is -2.49. The minimum Gasteiger partial charge on any atom is -0.478 e. The number of para-hydroxylation sites is 1. The van der Waals surface area contributed by atoms with Gasteiger partial charge in [-0.2, -0.15) is 0 Å². The molecule has 34 heavy (non-hydrogen) atoms. The molecule has 3 N–H and O–H groups in total. The minimum absolute atomic E-state index is 0.0713. The Morgan fingerprint density at radius 2 is 1.85 bits per heavy atom. The number of thioether (sulfide) groups is 1. The molecule has 3 rings (SSSR count). The van der Waals surface area contributed by atoms with Gasteiger partial charge in [0.2, 0.25) is 5.91 Å². The number of amides is 3. The number of thiophene rings is 1. The summed E-state index contributed by atoms with van der Waals surface area (Å²) in [6.45, 7) is 6.88. The van der Waals surface area contributed by atoms with E-state index in [9.17, 15) is 24.3 Å². The highest BCUT2D eigenvalue weighted by Gasteiger charge is 2.44. The van der Waals surface area contributed by atoms with Crippen LogP contribution in [0.15, 0.2) is 36.4 Å². The number of hydrogen-bond acceptors (Lipinski definition) is 7. The average Bonchev–Trinajstić information content (AvgIpc) is 3.37. The molecule has 1 saturated heterocycles. The lowest BCUT2D eigenvalue weighted by molar-refractivity contribution is -0.163. The molecule has 1 aliphatic rings. The zero-order chi connectivity index (χ0) is 25.0. The van der Waals surface area contributed by atoms with Gasteiger partial charge in [-0.1, -0.05) is 12.1 Å². The van der Waals surface area contributed by atoms with Crippen LogP contribution in [0.4, 0.5) is 10.5 Å². The molecule has 1 fully saturated rings. The van der Waals surface area contributed by atoms with E-state index in [1.165, 1.54) is 28.8 Å². The predicted molar refractivity (Wildman–Crippen MR) is 131 cm³/mol. The number of carbonyl (C=O) groups excluding carboxylic acids is 3. The van der Waals surface area contributed by atoms with Crippen LogP contribution in [-0.4, -0.2) is 57.8 Å². The maximum atomic E-state index is 13.2. The first kappa shape index (κ1) is 25.6. The Balaban J connectivity index is 1.73. The topological polar surface area (TPSA) is 125 Å². The van der Waals surface area contributed by atoms with Crippen LogP contribution in [0, 0.1) is 6.92 Å². The summed E-state index contributed by atoms with van der Waals surface area (Å²) in [5.74, 6) is -1.75. The third kappa shape index (κ3) is 6.29. The summed E-state index contributed by atoms with van der Waals surface area (Å²) in [5.41, 5.74) is -0.669. The number of carboxylic acids is 1. The van der Waals surface area contributed by atoms with Crippen LogP contribution in [-0.2, 0) is 14.3 Å². The lowest BCUT2D eigenvalue weighted by atomic mass is 10.2. The van der Waals surface area contributed by atoms with Gasteiger partial charge in [0, 0.05) is 15.5 Å². The number of nitrogens with one attached hydrogen (secondary N) is 2. The first-order chi connectivity index (χ1) is 16.0. The Morgan fingerprint density at radius 1 is 1.15 bits per heavy atom. The Labute approximate surface area is 205 Å². The van der Waals surface area contributed by atoms with Gasteiger partial charge in [0.15, 0.2) is 0 Å². The second kappa shape index (κ2) is 10.5. The highest BCUT2D eigenvalue weighted by molar-refractivity contribution is 7.99. The maximum absolute atomic E-state index is 13.2. The first-order valence-corrected chi connectivity index (χ1v) is 12.4. The highest BCUT2D eigenvalue weighted by Crippen LogP contribution is 2.44. The summed E-state index contributed by atoms with van der Waals surface area (Å²) in [5, 5.41) is 13.8. The minimum atomic E-state index is -1.18. The molecular formula is C23H27N3O6S2. The van der Waals surface area contributed by atoms with Crippen molar-refractivity contribution in [2.24, 2.45) is 0 Å². The van der Waals surface area contributed by atoms with Crippen molar-refractivity contribution in [2.45, 2.75) is 44.7 Å². The van der Waals surface area contributed by atoms with E-state index in [0.29, 0.717) is 5.75 Å². The number of carboxylic acid groups (broad SMARTS) is 1. The summed E-state index contributed by atoms with van der Waals surface area (Å²) in [6.07, 6.45) is 0. The summed E-state index contributed by atoms with van der Waals surface area (Å²) >= 11 is 3.01. The van der Waals surface area contributed by atoms with E-state index in [1.54, 1.807) is 44.2 Å². The fraction of sp³-hybridized carbons (Fsp3) is 0.391. The largest absolute Gasteiger partial charge is 0.478 e. The van der Waals surface area contributed by atoms with Crippen molar-refractivity contribution in [3.63, 3.8) is 0 Å². The van der Waals surface area contributed by atoms with Crippen LogP contribution in [0.3, 0.4) is 0 Å². The summed E-state index contributed by atoms with van der Waals surface area (Å²) in [7, 11) is 0. The maximum Gasteiger partial charge on any atom is 0.337 e. The summed E-state index contributed by atoms with van der Waals surface area (Å²) < 4.78 is 5.53. The standard InChI is InChI=1S/C23H27N3O6S2/c1-13-9-10-17(34-13)19-26(16(12-33-19)21(30)32-23(2,3)4)18(27)11-24-22(31)25-15-8-6-5-7-14(15)20(28)29/h5-10,16,19H,11-12H2,1-4H3,(H,28,29)(H2,24,25,31). The number of aromatic carboxylic acids is 1. The van der Waals surface area contributed by atoms with Gasteiger partial charge in [-0.05, 0) is 52.0 Å². The molecule has 2 atom stereocenters. The van der Waals surface area contributed by atoms with Crippen molar-refractivity contribution < 1.29 is 29.0 Å². The third-order valence-corrected chi connectivity index (χ3v) is 7.28. The van der Waals surface area contributed by atoms with E-state index in [1.807, 2.05) is 19.1 Å². The van der Waals surface area contributed by atoms with Crippen molar-refractivity contribution >= 4 is 52.7 Å². The number of hydrogen-bond donors (Lipinski definition) is 3. The smallest absolute Gasteiger partial charge is 0.337 e. The number of urea groups is 1. The molecule has 0 saturated carbocycles. The van der Waals surface area contributed by atoms with E-state index in [-0.39, 0.29) is 23.2 Å². The number of nitrogens with zero attached hydrogens (tertiary/aromatic N) is 1. The highest BCUT2D eigenvalue weighted by atomic mass is 32.2. The summed E-state index contributed by atoms with van der Waals surface area (Å²) in [6, 6.07) is 8.32. The van der Waals surface area contributed by atoms with E-state index < -0.39 is 35.5 Å². The van der Waals surface area contributed by atoms with Crippen molar-refractivity contribution in [3.05, 3.63) is 51.7 Å². The predicted octanol–water partition coefficient (Wildman–Crippen LogP) is 3.86. The Morgan fingerprint density at radius 3 is 2.47 bits per heavy atom. The van der Waals surface area contributed by atoms with Crippen LogP contribution < -0.4 is 10.6 Å². The molecule has 2 heterocycles. The molecule has 2 unspecified atom stereocenters. The lowest BCUT2D eigenvalue weighted by Gasteiger charge is -2.30. The fourth-order valence-electron chi connectivity index (χ4n) is 3.36. The number of aryl methyl sites for hydroxylation is 1. The molecule has 0 radical (unpaired) electrons. The SMILES string of the molecule is Cc1ccc(C2SCC(C(=O)OC(C)(C)C)N2C(=O)CNC(=O)Nc2ccccc2C(=O)O)s1. The van der Waals surface area contributed by atoms with E-state index in [4.69, 9.17) is 4.74 Å². The van der Waals surface area contributed by atoms with Crippen LogP contribution >= 0.6 is 23.1 Å². The molecular weight excluding hydrogens is 478 g/mol. The number of rotatable bonds is 6. The third-order valence-electron chi connectivity index (χ3n) is 4.78. The molecule has 1 aliphatic heterocycles. The van der Waals surface area contributed by atoms with Crippen molar-refractivity contribution in [1.82, 2.24) is 10.2 Å². The van der Waals surface area contributed by atoms with Crippen LogP contribution in [0.2, 0.25) is 0 Å². The molecule has 182 valence electrons. The van der Waals surface area contributed by atoms with Gasteiger partial charge >= 0.3 is 18.0 Å². The van der Waals surface area contributed by atoms with Gasteiger partial charge in [0.1, 0.15) is 17.0 Å². The molecule has 11 heteroatoms. The van der Waals surface area contributed by atoms with Crippen molar-refractivity contribution in [1.29, 1.82) is 0 Å². The fourth-order valence-corrected chi connectivity index (χ4v) is 5.90. The van der Waals surface area contributed by atoms with Gasteiger partial charge in [0.25, 0.3) is 0 Å². The second-order valence-electron chi connectivity index (χ2n) is 8.64. The van der Waals surface area contributed by atoms with Crippen molar-refractivity contribution in [2.75, 3.05) is 17.6 Å². The quantitative estimate of drug-likeness (QED) is 0.509. The van der Waals surface area contributed by atoms with Gasteiger partial charge < -0.3 is 25.4 Å². The van der Waals surface area contributed by atoms with Gasteiger partial charge in [-0.15, -0.1) is 23.1 Å². The van der Waals surface area contributed by atoms with E-state index >= 15 is 0 Å². The zero-order valence-corrected chi connectivity index (χ0v) is 20.9. The molecule has 9 nitrogen and oxygen atoms in total. The number of esters is 1. The Bertz CT molecular complexity index is 1090. The van der Waals surface area contributed by atoms with Gasteiger partial charge in [-0.3, -0.25) is 4.79 Å². The molecule has 3 amide bonds. The van der Waals surface area contributed by atoms with E-state index in [2.05, 4.69) is 10.6 Å². The second-order valence-corrected chi connectivity index (χ2v) is 11.1. The summed E-state index contributed by atoms with van der Waals surface area (Å²) in [4.78, 5) is 53.3. The number of benzene rings is 1. The Hall–Kier alpha value is -3.05. The zero-order valence-electron chi connectivity index (χ0n) is 19.3. The number of ether oxygens (including phenoxy) is 1. The van der Waals surface area contributed by atoms with Crippen LogP contribution in [0.5, 0.6) is 0 Å². The number of anilines is 1. The molecule has 1 aromatic heterocycles. The average molecular weight is 506 g/mol. The van der Waals surface area contributed by atoms with E-state index in [0.717, 1.165) is 9.75 Å². The molecule has 2 aromatic rings. The molecule has 1 aromatic carbocycles. The molecule has 0 bridgehead atoms. The normalized spacial score (nSPS) is 17.8.